The summed E-state index contributed by atoms with van der Waals surface area (Å²) in [6.07, 6.45) is -5.04. The SMILES string of the molecule is COc1ccc(Oc2ccc(C(F)(F)F)cc2)cc1NC(=O)C1COC(=O)N1C. The highest BCUT2D eigenvalue weighted by molar-refractivity contribution is 5.98. The van der Waals surface area contributed by atoms with Crippen molar-refractivity contribution in [3.8, 4) is 17.2 Å². The van der Waals surface area contributed by atoms with Gasteiger partial charge in [-0.2, -0.15) is 13.2 Å². The minimum Gasteiger partial charge on any atom is -0.495 e. The minimum atomic E-state index is -4.44. The van der Waals surface area contributed by atoms with E-state index in [-0.39, 0.29) is 23.8 Å². The number of anilines is 1. The number of amides is 2. The third kappa shape index (κ3) is 4.53. The highest BCUT2D eigenvalue weighted by atomic mass is 19.4. The van der Waals surface area contributed by atoms with E-state index in [1.807, 2.05) is 0 Å². The predicted molar refractivity (Wildman–Crippen MR) is 96.0 cm³/mol. The summed E-state index contributed by atoms with van der Waals surface area (Å²) in [6, 6.07) is 7.96. The van der Waals surface area contributed by atoms with Gasteiger partial charge in [0.25, 0.3) is 5.91 Å². The van der Waals surface area contributed by atoms with Crippen LogP contribution in [0.4, 0.5) is 23.7 Å². The van der Waals surface area contributed by atoms with Gasteiger partial charge in [-0.15, -0.1) is 0 Å². The van der Waals surface area contributed by atoms with Crippen LogP contribution in [-0.4, -0.2) is 43.7 Å². The Kier molecular flexibility index (Phi) is 5.53. The Morgan fingerprint density at radius 1 is 1.17 bits per heavy atom. The van der Waals surface area contributed by atoms with Crippen molar-refractivity contribution < 1.29 is 37.0 Å². The minimum absolute atomic E-state index is 0.0781. The number of nitrogens with one attached hydrogen (secondary N) is 1. The molecule has 29 heavy (non-hydrogen) atoms. The third-order valence-corrected chi connectivity index (χ3v) is 4.27. The zero-order valence-electron chi connectivity index (χ0n) is 15.4. The van der Waals surface area contributed by atoms with Crippen LogP contribution in [0.15, 0.2) is 42.5 Å². The number of cyclic esters (lactones) is 1. The molecule has 1 heterocycles. The molecule has 1 atom stereocenters. The van der Waals surface area contributed by atoms with Crippen LogP contribution in [-0.2, 0) is 15.7 Å². The Morgan fingerprint density at radius 2 is 1.83 bits per heavy atom. The smallest absolute Gasteiger partial charge is 0.416 e. The first-order valence-corrected chi connectivity index (χ1v) is 8.42. The topological polar surface area (TPSA) is 77.1 Å². The second kappa shape index (κ2) is 7.90. The summed E-state index contributed by atoms with van der Waals surface area (Å²) in [4.78, 5) is 25.0. The molecule has 2 aromatic carbocycles. The first-order chi connectivity index (χ1) is 13.7. The average molecular weight is 410 g/mol. The standard InChI is InChI=1S/C19H17F3N2O5/c1-24-15(10-28-18(24)26)17(25)23-14-9-13(7-8-16(14)27-2)29-12-5-3-11(4-6-12)19(20,21)22/h3-9,15H,10H2,1-2H3,(H,23,25). The lowest BCUT2D eigenvalue weighted by Gasteiger charge is -2.17. The summed E-state index contributed by atoms with van der Waals surface area (Å²) < 4.78 is 53.6. The molecule has 0 aromatic heterocycles. The summed E-state index contributed by atoms with van der Waals surface area (Å²) in [5.41, 5.74) is -0.514. The molecule has 0 saturated carbocycles. The van der Waals surface area contributed by atoms with Gasteiger partial charge < -0.3 is 19.5 Å². The molecule has 0 radical (unpaired) electrons. The molecule has 0 spiro atoms. The fraction of sp³-hybridized carbons (Fsp3) is 0.263. The number of ether oxygens (including phenoxy) is 3. The van der Waals surface area contributed by atoms with Crippen molar-refractivity contribution in [2.24, 2.45) is 0 Å². The number of carbonyl (C=O) groups excluding carboxylic acids is 2. The van der Waals surface area contributed by atoms with E-state index in [0.29, 0.717) is 5.75 Å². The van der Waals surface area contributed by atoms with E-state index < -0.39 is 29.8 Å². The van der Waals surface area contributed by atoms with Crippen molar-refractivity contribution >= 4 is 17.7 Å². The summed E-state index contributed by atoms with van der Waals surface area (Å²) in [5.74, 6) is 0.317. The molecule has 2 aromatic rings. The van der Waals surface area contributed by atoms with Crippen LogP contribution in [0.2, 0.25) is 0 Å². The predicted octanol–water partition coefficient (Wildman–Crippen LogP) is 3.90. The Morgan fingerprint density at radius 3 is 2.38 bits per heavy atom. The lowest BCUT2D eigenvalue weighted by molar-refractivity contribution is -0.137. The fourth-order valence-electron chi connectivity index (χ4n) is 2.65. The summed E-state index contributed by atoms with van der Waals surface area (Å²) in [6.45, 7) is -0.0781. The van der Waals surface area contributed by atoms with Gasteiger partial charge in [-0.1, -0.05) is 0 Å². The zero-order chi connectivity index (χ0) is 21.2. The van der Waals surface area contributed by atoms with Crippen LogP contribution in [0.3, 0.4) is 0 Å². The molecule has 10 heteroatoms. The number of nitrogens with zero attached hydrogens (tertiary/aromatic N) is 1. The van der Waals surface area contributed by atoms with Gasteiger partial charge >= 0.3 is 12.3 Å². The number of carbonyl (C=O) groups is 2. The molecule has 1 aliphatic rings. The van der Waals surface area contributed by atoms with E-state index in [4.69, 9.17) is 14.2 Å². The molecule has 3 rings (SSSR count). The van der Waals surface area contributed by atoms with Crippen LogP contribution in [0.25, 0.3) is 0 Å². The van der Waals surface area contributed by atoms with E-state index in [0.717, 1.165) is 12.1 Å². The van der Waals surface area contributed by atoms with Gasteiger partial charge in [0.05, 0.1) is 18.4 Å². The van der Waals surface area contributed by atoms with E-state index >= 15 is 0 Å². The normalized spacial score (nSPS) is 16.4. The quantitative estimate of drug-likeness (QED) is 0.809. The van der Waals surface area contributed by atoms with Crippen molar-refractivity contribution in [1.29, 1.82) is 0 Å². The summed E-state index contributed by atoms with van der Waals surface area (Å²) >= 11 is 0. The highest BCUT2D eigenvalue weighted by Gasteiger charge is 2.35. The summed E-state index contributed by atoms with van der Waals surface area (Å²) in [5, 5.41) is 2.64. The maximum atomic E-state index is 12.7. The van der Waals surface area contributed by atoms with E-state index in [2.05, 4.69) is 5.32 Å². The molecule has 1 unspecified atom stereocenters. The molecule has 154 valence electrons. The molecule has 1 saturated heterocycles. The Bertz CT molecular complexity index is 915. The number of rotatable bonds is 5. The second-order valence-corrected chi connectivity index (χ2v) is 6.18. The number of alkyl halides is 3. The molecular weight excluding hydrogens is 393 g/mol. The van der Waals surface area contributed by atoms with E-state index in [1.165, 1.54) is 43.3 Å². The molecule has 1 fully saturated rings. The first kappa shape index (κ1) is 20.3. The molecule has 7 nitrogen and oxygen atoms in total. The van der Waals surface area contributed by atoms with Gasteiger partial charge in [0, 0.05) is 13.1 Å². The molecule has 1 N–H and O–H groups in total. The second-order valence-electron chi connectivity index (χ2n) is 6.18. The Labute approximate surface area is 164 Å². The van der Waals surface area contributed by atoms with Gasteiger partial charge in [-0.3, -0.25) is 9.69 Å². The Balaban J connectivity index is 1.76. The molecule has 0 bridgehead atoms. The van der Waals surface area contributed by atoms with Gasteiger partial charge in [-0.25, -0.2) is 4.79 Å². The number of hydrogen-bond donors (Lipinski definition) is 1. The van der Waals surface area contributed by atoms with E-state index in [1.54, 1.807) is 6.07 Å². The lowest BCUT2D eigenvalue weighted by atomic mass is 10.2. The van der Waals surface area contributed by atoms with Crippen LogP contribution in [0.5, 0.6) is 17.2 Å². The van der Waals surface area contributed by atoms with Crippen LogP contribution in [0, 0.1) is 0 Å². The van der Waals surface area contributed by atoms with Crippen molar-refractivity contribution in [1.82, 2.24) is 4.90 Å². The molecule has 1 aliphatic heterocycles. The van der Waals surface area contributed by atoms with Gasteiger partial charge in [0.1, 0.15) is 29.9 Å². The number of likely N-dealkylation sites (N-methyl/N-ethyl adjacent to an activating group) is 1. The maximum Gasteiger partial charge on any atom is 0.416 e. The van der Waals surface area contributed by atoms with Gasteiger partial charge in [-0.05, 0) is 36.4 Å². The number of methoxy groups -OCH3 is 1. The van der Waals surface area contributed by atoms with Gasteiger partial charge in [0.15, 0.2) is 0 Å². The highest BCUT2D eigenvalue weighted by Crippen LogP contribution is 2.34. The maximum absolute atomic E-state index is 12.7. The van der Waals surface area contributed by atoms with Gasteiger partial charge in [0.2, 0.25) is 0 Å². The first-order valence-electron chi connectivity index (χ1n) is 8.42. The number of benzene rings is 2. The number of hydrogen-bond acceptors (Lipinski definition) is 5. The van der Waals surface area contributed by atoms with E-state index in [9.17, 15) is 22.8 Å². The fourth-order valence-corrected chi connectivity index (χ4v) is 2.65. The zero-order valence-corrected chi connectivity index (χ0v) is 15.4. The van der Waals surface area contributed by atoms with Crippen LogP contribution >= 0.6 is 0 Å². The lowest BCUT2D eigenvalue weighted by Crippen LogP contribution is -2.40. The largest absolute Gasteiger partial charge is 0.495 e. The van der Waals surface area contributed by atoms with Crippen LogP contribution in [0.1, 0.15) is 5.56 Å². The van der Waals surface area contributed by atoms with Crippen molar-refractivity contribution in [2.45, 2.75) is 12.2 Å². The van der Waals surface area contributed by atoms with Crippen molar-refractivity contribution in [2.75, 3.05) is 26.1 Å². The van der Waals surface area contributed by atoms with Crippen LogP contribution < -0.4 is 14.8 Å². The number of halogens is 3. The third-order valence-electron chi connectivity index (χ3n) is 4.27. The molecular formula is C19H17F3N2O5. The average Bonchev–Trinajstić information content (AvgIpc) is 3.00. The monoisotopic (exact) mass is 410 g/mol. The summed E-state index contributed by atoms with van der Waals surface area (Å²) in [7, 11) is 2.86. The Hall–Kier alpha value is -3.43. The van der Waals surface area contributed by atoms with Crippen molar-refractivity contribution in [3.05, 3.63) is 48.0 Å². The molecule has 0 aliphatic carbocycles. The molecule has 2 amide bonds. The van der Waals surface area contributed by atoms with Crippen molar-refractivity contribution in [3.63, 3.8) is 0 Å².